The van der Waals surface area contributed by atoms with Gasteiger partial charge >= 0.3 is 0 Å². The summed E-state index contributed by atoms with van der Waals surface area (Å²) in [7, 11) is 2.06. The fourth-order valence-electron chi connectivity index (χ4n) is 2.94. The van der Waals surface area contributed by atoms with E-state index in [0.29, 0.717) is 12.5 Å². The highest BCUT2D eigenvalue weighted by Crippen LogP contribution is 2.45. The molecule has 3 unspecified atom stereocenters. The van der Waals surface area contributed by atoms with E-state index >= 15 is 0 Å². The highest BCUT2D eigenvalue weighted by atomic mass is 16.2. The third-order valence-corrected chi connectivity index (χ3v) is 4.11. The number of nitrogens with zero attached hydrogens (tertiary/aromatic N) is 1. The van der Waals surface area contributed by atoms with Crippen molar-refractivity contribution >= 4 is 11.8 Å². The molecule has 1 N–H and O–H groups in total. The fourth-order valence-corrected chi connectivity index (χ4v) is 2.94. The quantitative estimate of drug-likeness (QED) is 0.588. The van der Waals surface area contributed by atoms with Crippen LogP contribution in [-0.2, 0) is 9.59 Å². The number of carbonyl (C=O) groups excluding carboxylic acids is 2. The van der Waals surface area contributed by atoms with Crippen molar-refractivity contribution in [2.24, 2.45) is 11.3 Å². The number of piperidine rings is 1. The first-order valence-electron chi connectivity index (χ1n) is 5.48. The standard InChI is InChI=1S/C11H18N2O2/c1-7-4-11(6-13(7)3)5-9(14)12-10(15)8(11)2/h7-8H,4-6H2,1-3H3,(H,12,14,15). The van der Waals surface area contributed by atoms with Crippen LogP contribution < -0.4 is 5.32 Å². The Kier molecular flexibility index (Phi) is 2.34. The minimum absolute atomic E-state index is 0.0531. The topological polar surface area (TPSA) is 49.4 Å². The van der Waals surface area contributed by atoms with Crippen LogP contribution in [0.25, 0.3) is 0 Å². The Morgan fingerprint density at radius 3 is 2.60 bits per heavy atom. The Balaban J connectivity index is 2.26. The lowest BCUT2D eigenvalue weighted by molar-refractivity contribution is -0.142. The van der Waals surface area contributed by atoms with Crippen LogP contribution in [0, 0.1) is 11.3 Å². The third-order valence-electron chi connectivity index (χ3n) is 4.11. The van der Waals surface area contributed by atoms with Crippen molar-refractivity contribution in [2.75, 3.05) is 13.6 Å². The zero-order chi connectivity index (χ0) is 11.2. The number of hydrogen-bond donors (Lipinski definition) is 1. The Bertz CT molecular complexity index is 304. The predicted molar refractivity (Wildman–Crippen MR) is 56.1 cm³/mol. The number of carbonyl (C=O) groups is 2. The first kappa shape index (κ1) is 10.6. The minimum Gasteiger partial charge on any atom is -0.303 e. The van der Waals surface area contributed by atoms with Crippen LogP contribution in [0.1, 0.15) is 26.7 Å². The molecule has 2 amide bonds. The predicted octanol–water partition coefficient (Wildman–Crippen LogP) is 0.379. The summed E-state index contributed by atoms with van der Waals surface area (Å²) in [4.78, 5) is 25.3. The molecular weight excluding hydrogens is 192 g/mol. The second-order valence-electron chi connectivity index (χ2n) is 5.14. The summed E-state index contributed by atoms with van der Waals surface area (Å²) >= 11 is 0. The van der Waals surface area contributed by atoms with Gasteiger partial charge < -0.3 is 4.90 Å². The summed E-state index contributed by atoms with van der Waals surface area (Å²) < 4.78 is 0. The van der Waals surface area contributed by atoms with E-state index in [9.17, 15) is 9.59 Å². The molecule has 2 heterocycles. The van der Waals surface area contributed by atoms with Crippen molar-refractivity contribution in [2.45, 2.75) is 32.7 Å². The molecule has 84 valence electrons. The smallest absolute Gasteiger partial charge is 0.230 e. The molecule has 4 nitrogen and oxygen atoms in total. The molecule has 0 aromatic rings. The zero-order valence-electron chi connectivity index (χ0n) is 9.54. The molecule has 0 aliphatic carbocycles. The first-order valence-corrected chi connectivity index (χ1v) is 5.48. The SMILES string of the molecule is CC1CC2(CC(=O)NC(=O)C2C)CN1C. The number of nitrogens with one attached hydrogen (secondary N) is 1. The van der Waals surface area contributed by atoms with Crippen molar-refractivity contribution in [1.29, 1.82) is 0 Å². The van der Waals surface area contributed by atoms with Gasteiger partial charge in [-0.25, -0.2) is 0 Å². The van der Waals surface area contributed by atoms with E-state index in [1.807, 2.05) is 6.92 Å². The zero-order valence-corrected chi connectivity index (χ0v) is 9.54. The van der Waals surface area contributed by atoms with Gasteiger partial charge in [0.25, 0.3) is 0 Å². The van der Waals surface area contributed by atoms with Crippen molar-refractivity contribution in [1.82, 2.24) is 10.2 Å². The number of hydrogen-bond acceptors (Lipinski definition) is 3. The maximum Gasteiger partial charge on any atom is 0.230 e. The summed E-state index contributed by atoms with van der Waals surface area (Å²) in [5.74, 6) is -0.267. The van der Waals surface area contributed by atoms with Crippen molar-refractivity contribution < 1.29 is 9.59 Å². The molecule has 0 radical (unpaired) electrons. The second-order valence-corrected chi connectivity index (χ2v) is 5.14. The van der Waals surface area contributed by atoms with E-state index in [4.69, 9.17) is 0 Å². The molecule has 2 fully saturated rings. The van der Waals surface area contributed by atoms with Gasteiger partial charge in [0.2, 0.25) is 11.8 Å². The average Bonchev–Trinajstić information content (AvgIpc) is 2.39. The molecule has 2 aliphatic rings. The number of imide groups is 1. The summed E-state index contributed by atoms with van der Waals surface area (Å²) in [5.41, 5.74) is -0.117. The highest BCUT2D eigenvalue weighted by molar-refractivity contribution is 5.99. The molecule has 15 heavy (non-hydrogen) atoms. The van der Waals surface area contributed by atoms with Gasteiger partial charge in [-0.3, -0.25) is 14.9 Å². The van der Waals surface area contributed by atoms with Crippen LogP contribution in [-0.4, -0.2) is 36.3 Å². The fraction of sp³-hybridized carbons (Fsp3) is 0.818. The number of likely N-dealkylation sites (tertiary alicyclic amines) is 1. The number of rotatable bonds is 0. The molecule has 2 saturated heterocycles. The van der Waals surface area contributed by atoms with E-state index < -0.39 is 0 Å². The van der Waals surface area contributed by atoms with E-state index in [-0.39, 0.29) is 23.1 Å². The normalized spacial score (nSPS) is 42.3. The van der Waals surface area contributed by atoms with Gasteiger partial charge in [0.1, 0.15) is 0 Å². The first-order chi connectivity index (χ1) is 6.94. The Hall–Kier alpha value is -0.900. The van der Waals surface area contributed by atoms with Crippen LogP contribution in [0.5, 0.6) is 0 Å². The molecule has 4 heteroatoms. The molecule has 1 spiro atoms. The summed E-state index contributed by atoms with van der Waals surface area (Å²) in [6.45, 7) is 4.95. The third kappa shape index (κ3) is 1.57. The van der Waals surface area contributed by atoms with Crippen molar-refractivity contribution in [3.63, 3.8) is 0 Å². The Morgan fingerprint density at radius 2 is 2.07 bits per heavy atom. The van der Waals surface area contributed by atoms with Crippen molar-refractivity contribution in [3.8, 4) is 0 Å². The Morgan fingerprint density at radius 1 is 1.40 bits per heavy atom. The lowest BCUT2D eigenvalue weighted by Crippen LogP contribution is -2.52. The van der Waals surface area contributed by atoms with Crippen LogP contribution in [0.3, 0.4) is 0 Å². The van der Waals surface area contributed by atoms with Gasteiger partial charge in [-0.2, -0.15) is 0 Å². The van der Waals surface area contributed by atoms with Crippen LogP contribution in [0.2, 0.25) is 0 Å². The maximum absolute atomic E-state index is 11.6. The monoisotopic (exact) mass is 210 g/mol. The lowest BCUT2D eigenvalue weighted by atomic mass is 9.69. The molecule has 0 bridgehead atoms. The molecule has 0 aromatic carbocycles. The largest absolute Gasteiger partial charge is 0.303 e. The van der Waals surface area contributed by atoms with Crippen LogP contribution in [0.4, 0.5) is 0 Å². The van der Waals surface area contributed by atoms with E-state index in [1.165, 1.54) is 0 Å². The van der Waals surface area contributed by atoms with Gasteiger partial charge in [0.15, 0.2) is 0 Å². The summed E-state index contributed by atoms with van der Waals surface area (Å²) in [5, 5.41) is 2.41. The minimum atomic E-state index is -0.117. The molecule has 2 rings (SSSR count). The van der Waals surface area contributed by atoms with Crippen molar-refractivity contribution in [3.05, 3.63) is 0 Å². The van der Waals surface area contributed by atoms with Gasteiger partial charge in [-0.05, 0) is 20.4 Å². The molecule has 0 aromatic heterocycles. The van der Waals surface area contributed by atoms with Crippen LogP contribution in [0.15, 0.2) is 0 Å². The summed E-state index contributed by atoms with van der Waals surface area (Å²) in [6.07, 6.45) is 1.44. The highest BCUT2D eigenvalue weighted by Gasteiger charge is 2.51. The Labute approximate surface area is 90.0 Å². The van der Waals surface area contributed by atoms with Gasteiger partial charge in [0.05, 0.1) is 0 Å². The molecule has 3 atom stereocenters. The molecular formula is C11H18N2O2. The molecule has 2 aliphatic heterocycles. The van der Waals surface area contributed by atoms with Gasteiger partial charge in [0, 0.05) is 30.3 Å². The van der Waals surface area contributed by atoms with E-state index in [1.54, 1.807) is 0 Å². The van der Waals surface area contributed by atoms with Gasteiger partial charge in [-0.15, -0.1) is 0 Å². The molecule has 0 saturated carbocycles. The number of amides is 2. The van der Waals surface area contributed by atoms with E-state index in [2.05, 4.69) is 24.2 Å². The van der Waals surface area contributed by atoms with Gasteiger partial charge in [-0.1, -0.05) is 6.92 Å². The maximum atomic E-state index is 11.6. The average molecular weight is 210 g/mol. The second kappa shape index (κ2) is 3.30. The van der Waals surface area contributed by atoms with E-state index in [0.717, 1.165) is 13.0 Å². The van der Waals surface area contributed by atoms with Crippen LogP contribution >= 0.6 is 0 Å². The lowest BCUT2D eigenvalue weighted by Gasteiger charge is -2.37. The summed E-state index contributed by atoms with van der Waals surface area (Å²) in [6, 6.07) is 0.464.